The van der Waals surface area contributed by atoms with E-state index in [1.54, 1.807) is 0 Å². The number of nitrogens with one attached hydrogen (secondary N) is 2. The second kappa shape index (κ2) is 5.10. The van der Waals surface area contributed by atoms with E-state index in [0.29, 0.717) is 5.56 Å². The van der Waals surface area contributed by atoms with Crippen LogP contribution in [0.4, 0.5) is 0 Å². The molecule has 1 fully saturated rings. The average molecular weight is 282 g/mol. The maximum Gasteiger partial charge on any atom is 0.257 e. The summed E-state index contributed by atoms with van der Waals surface area (Å²) in [6.07, 6.45) is 1.59. The summed E-state index contributed by atoms with van der Waals surface area (Å²) in [7, 11) is -3.80. The molecule has 0 aliphatic heterocycles. The van der Waals surface area contributed by atoms with Crippen LogP contribution >= 0.6 is 0 Å². The van der Waals surface area contributed by atoms with E-state index in [9.17, 15) is 18.0 Å². The highest BCUT2D eigenvalue weighted by molar-refractivity contribution is 7.89. The predicted octanol–water partition coefficient (Wildman–Crippen LogP) is 0.609. The number of hydrogen-bond donors (Lipinski definition) is 2. The van der Waals surface area contributed by atoms with Crippen LogP contribution in [0.3, 0.4) is 0 Å². The summed E-state index contributed by atoms with van der Waals surface area (Å²) in [6.45, 7) is 1.40. The lowest BCUT2D eigenvalue weighted by atomic mass is 10.2. The quantitative estimate of drug-likeness (QED) is 0.611. The molecule has 19 heavy (non-hydrogen) atoms. The number of ketones is 1. The number of hydrazine groups is 1. The van der Waals surface area contributed by atoms with Gasteiger partial charge in [0.1, 0.15) is 0 Å². The van der Waals surface area contributed by atoms with Crippen molar-refractivity contribution in [3.8, 4) is 0 Å². The zero-order valence-electron chi connectivity index (χ0n) is 10.3. The van der Waals surface area contributed by atoms with E-state index < -0.39 is 10.0 Å². The van der Waals surface area contributed by atoms with Crippen molar-refractivity contribution in [3.05, 3.63) is 29.8 Å². The van der Waals surface area contributed by atoms with Gasteiger partial charge >= 0.3 is 0 Å². The topological polar surface area (TPSA) is 92.3 Å². The normalized spacial score (nSPS) is 15.0. The highest BCUT2D eigenvalue weighted by Gasteiger charge is 2.30. The smallest absolute Gasteiger partial charge is 0.257 e. The molecule has 0 spiro atoms. The Balaban J connectivity index is 2.05. The monoisotopic (exact) mass is 282 g/mol. The van der Waals surface area contributed by atoms with E-state index in [0.717, 1.165) is 12.8 Å². The molecule has 0 radical (unpaired) electrons. The maximum atomic E-state index is 11.9. The highest BCUT2D eigenvalue weighted by Crippen LogP contribution is 2.28. The van der Waals surface area contributed by atoms with Gasteiger partial charge in [-0.2, -0.15) is 0 Å². The summed E-state index contributed by atoms with van der Waals surface area (Å²) in [5, 5.41) is 0. The Bertz CT molecular complexity index is 603. The third-order valence-corrected chi connectivity index (χ3v) is 4.09. The number of rotatable bonds is 5. The number of benzene rings is 1. The molecule has 7 heteroatoms. The van der Waals surface area contributed by atoms with E-state index in [2.05, 4.69) is 5.43 Å². The van der Waals surface area contributed by atoms with Gasteiger partial charge in [-0.15, -0.1) is 4.83 Å². The van der Waals surface area contributed by atoms with Gasteiger partial charge in [0, 0.05) is 11.5 Å². The molecule has 0 heterocycles. The summed E-state index contributed by atoms with van der Waals surface area (Å²) in [5.74, 6) is -0.536. The molecule has 1 amide bonds. The Morgan fingerprint density at radius 1 is 1.16 bits per heavy atom. The van der Waals surface area contributed by atoms with E-state index in [1.165, 1.54) is 31.2 Å². The van der Waals surface area contributed by atoms with Gasteiger partial charge in [-0.3, -0.25) is 15.0 Å². The Hall–Kier alpha value is -1.73. The molecule has 0 bridgehead atoms. The van der Waals surface area contributed by atoms with Crippen molar-refractivity contribution in [2.75, 3.05) is 0 Å². The Labute approximate surface area is 111 Å². The minimum Gasteiger partial charge on any atom is -0.295 e. The second-order valence-corrected chi connectivity index (χ2v) is 6.13. The molecule has 2 N–H and O–H groups in total. The number of hydrogen-bond acceptors (Lipinski definition) is 4. The molecule has 1 aromatic carbocycles. The van der Waals surface area contributed by atoms with Crippen molar-refractivity contribution < 1.29 is 18.0 Å². The molecule has 0 unspecified atom stereocenters. The molecule has 0 atom stereocenters. The summed E-state index contributed by atoms with van der Waals surface area (Å²) in [6, 6.07) is 5.50. The molecule has 1 saturated carbocycles. The van der Waals surface area contributed by atoms with Crippen LogP contribution in [0.1, 0.15) is 30.1 Å². The number of carbonyl (C=O) groups is 2. The highest BCUT2D eigenvalue weighted by atomic mass is 32.2. The van der Waals surface area contributed by atoms with Crippen molar-refractivity contribution >= 4 is 21.7 Å². The first-order valence-corrected chi connectivity index (χ1v) is 7.31. The van der Waals surface area contributed by atoms with E-state index in [1.807, 2.05) is 4.83 Å². The zero-order valence-corrected chi connectivity index (χ0v) is 11.2. The van der Waals surface area contributed by atoms with Crippen LogP contribution in [0.5, 0.6) is 0 Å². The van der Waals surface area contributed by atoms with Gasteiger partial charge < -0.3 is 0 Å². The first-order chi connectivity index (χ1) is 8.90. The molecule has 102 valence electrons. The minimum absolute atomic E-state index is 0.00593. The lowest BCUT2D eigenvalue weighted by molar-refractivity contribution is -0.122. The van der Waals surface area contributed by atoms with Crippen molar-refractivity contribution in [2.45, 2.75) is 24.7 Å². The third kappa shape index (κ3) is 3.39. The number of amides is 1. The van der Waals surface area contributed by atoms with Gasteiger partial charge in [0.15, 0.2) is 5.78 Å². The largest absolute Gasteiger partial charge is 0.295 e. The lowest BCUT2D eigenvalue weighted by Gasteiger charge is -2.08. The summed E-state index contributed by atoms with van der Waals surface area (Å²) < 4.78 is 23.7. The van der Waals surface area contributed by atoms with E-state index in [-0.39, 0.29) is 22.5 Å². The van der Waals surface area contributed by atoms with Crippen LogP contribution < -0.4 is 10.3 Å². The lowest BCUT2D eigenvalue weighted by Crippen LogP contribution is -2.42. The number of sulfonamides is 1. The summed E-state index contributed by atoms with van der Waals surface area (Å²) >= 11 is 0. The number of carbonyl (C=O) groups excluding carboxylic acids is 2. The maximum absolute atomic E-state index is 11.9. The number of Topliss-reactive ketones (excluding diaryl/α,β-unsaturated/α-hetero) is 1. The molecule has 1 aliphatic carbocycles. The molecular weight excluding hydrogens is 268 g/mol. The minimum atomic E-state index is -3.80. The van der Waals surface area contributed by atoms with Gasteiger partial charge in [-0.1, -0.05) is 12.1 Å². The molecule has 6 nitrogen and oxygen atoms in total. The molecule has 0 saturated heterocycles. The van der Waals surface area contributed by atoms with Crippen LogP contribution in [0, 0.1) is 5.92 Å². The fourth-order valence-corrected chi connectivity index (χ4v) is 2.34. The SMILES string of the molecule is CC(=O)c1ccc(S(=O)(=O)NNC(=O)C2CC2)cc1. The molecule has 0 aromatic heterocycles. The first-order valence-electron chi connectivity index (χ1n) is 5.83. The fourth-order valence-electron chi connectivity index (χ4n) is 1.49. The van der Waals surface area contributed by atoms with Gasteiger partial charge in [0.05, 0.1) is 4.90 Å². The average Bonchev–Trinajstić information content (AvgIpc) is 3.20. The Kier molecular flexibility index (Phi) is 3.68. The summed E-state index contributed by atoms with van der Waals surface area (Å²) in [5.41, 5.74) is 2.61. The fraction of sp³-hybridized carbons (Fsp3) is 0.333. The second-order valence-electron chi connectivity index (χ2n) is 4.45. The van der Waals surface area contributed by atoms with Crippen LogP contribution in [0.25, 0.3) is 0 Å². The molecule has 2 rings (SSSR count). The van der Waals surface area contributed by atoms with Crippen LogP contribution in [-0.2, 0) is 14.8 Å². The Morgan fingerprint density at radius 3 is 2.21 bits per heavy atom. The molecule has 1 aliphatic rings. The zero-order chi connectivity index (χ0) is 14.0. The van der Waals surface area contributed by atoms with Crippen molar-refractivity contribution in [1.82, 2.24) is 10.3 Å². The van der Waals surface area contributed by atoms with Crippen LogP contribution in [-0.4, -0.2) is 20.1 Å². The van der Waals surface area contributed by atoms with Gasteiger partial charge in [0.25, 0.3) is 10.0 Å². The van der Waals surface area contributed by atoms with E-state index >= 15 is 0 Å². The van der Waals surface area contributed by atoms with Gasteiger partial charge in [-0.05, 0) is 31.9 Å². The van der Waals surface area contributed by atoms with Gasteiger partial charge in [0.2, 0.25) is 5.91 Å². The predicted molar refractivity (Wildman–Crippen MR) is 67.6 cm³/mol. The standard InChI is InChI=1S/C12H14N2O4S/c1-8(15)9-4-6-11(7-5-9)19(17,18)14-13-12(16)10-2-3-10/h4-7,10,14H,2-3H2,1H3,(H,13,16). The third-order valence-electron chi connectivity index (χ3n) is 2.83. The van der Waals surface area contributed by atoms with Gasteiger partial charge in [-0.25, -0.2) is 8.42 Å². The van der Waals surface area contributed by atoms with Crippen LogP contribution in [0.2, 0.25) is 0 Å². The molecular formula is C12H14N2O4S. The van der Waals surface area contributed by atoms with Crippen molar-refractivity contribution in [3.63, 3.8) is 0 Å². The van der Waals surface area contributed by atoms with Crippen molar-refractivity contribution in [1.29, 1.82) is 0 Å². The Morgan fingerprint density at radius 2 is 1.74 bits per heavy atom. The first kappa shape index (κ1) is 13.7. The van der Waals surface area contributed by atoms with E-state index in [4.69, 9.17) is 0 Å². The summed E-state index contributed by atoms with van der Waals surface area (Å²) in [4.78, 5) is 24.5. The van der Waals surface area contributed by atoms with Crippen LogP contribution in [0.15, 0.2) is 29.2 Å². The van der Waals surface area contributed by atoms with Crippen molar-refractivity contribution in [2.24, 2.45) is 5.92 Å². The molecule has 1 aromatic rings.